The fourth-order valence-electron chi connectivity index (χ4n) is 3.74. The molecule has 170 valence electrons. The van der Waals surface area contributed by atoms with Gasteiger partial charge in [-0.1, -0.05) is 18.2 Å². The van der Waals surface area contributed by atoms with E-state index in [1.165, 1.54) is 34.7 Å². The Morgan fingerprint density at radius 1 is 1.12 bits per heavy atom. The Morgan fingerprint density at radius 2 is 1.82 bits per heavy atom. The van der Waals surface area contributed by atoms with Crippen molar-refractivity contribution in [1.29, 1.82) is 0 Å². The molecule has 2 amide bonds. The molecule has 2 N–H and O–H groups in total. The van der Waals surface area contributed by atoms with E-state index in [0.29, 0.717) is 11.4 Å². The van der Waals surface area contributed by atoms with Crippen molar-refractivity contribution in [2.24, 2.45) is 7.05 Å². The third-order valence-electron chi connectivity index (χ3n) is 5.54. The zero-order valence-corrected chi connectivity index (χ0v) is 18.2. The van der Waals surface area contributed by atoms with Crippen molar-refractivity contribution >= 4 is 29.2 Å². The highest BCUT2D eigenvalue weighted by Crippen LogP contribution is 2.35. The summed E-state index contributed by atoms with van der Waals surface area (Å²) in [6, 6.07) is 13.1. The molecular weight excluding hydrogens is 428 g/mol. The summed E-state index contributed by atoms with van der Waals surface area (Å²) in [5.74, 6) is -1.97. The van der Waals surface area contributed by atoms with Crippen molar-refractivity contribution in [2.45, 2.75) is 20.0 Å². The molecular formula is C23H22N4O6. The van der Waals surface area contributed by atoms with Crippen molar-refractivity contribution in [2.75, 3.05) is 16.8 Å². The summed E-state index contributed by atoms with van der Waals surface area (Å²) >= 11 is 0. The molecule has 0 saturated carbocycles. The van der Waals surface area contributed by atoms with E-state index in [1.54, 1.807) is 42.9 Å². The number of hydrogen-bond donors (Lipinski definition) is 2. The van der Waals surface area contributed by atoms with Gasteiger partial charge in [-0.3, -0.25) is 24.0 Å². The molecule has 0 aliphatic carbocycles. The first-order valence-electron chi connectivity index (χ1n) is 10.2. The van der Waals surface area contributed by atoms with Crippen LogP contribution in [0.15, 0.2) is 53.3 Å². The summed E-state index contributed by atoms with van der Waals surface area (Å²) in [6.07, 6.45) is -0.900. The summed E-state index contributed by atoms with van der Waals surface area (Å²) in [4.78, 5) is 51.1. The van der Waals surface area contributed by atoms with Crippen LogP contribution in [-0.4, -0.2) is 44.9 Å². The first-order chi connectivity index (χ1) is 15.7. The van der Waals surface area contributed by atoms with Gasteiger partial charge in [0.1, 0.15) is 18.0 Å². The van der Waals surface area contributed by atoms with E-state index >= 15 is 0 Å². The Hall–Kier alpha value is -4.34. The fraction of sp³-hybridized carbons (Fsp3) is 0.217. The van der Waals surface area contributed by atoms with Gasteiger partial charge in [-0.25, -0.2) is 9.48 Å². The highest BCUT2D eigenvalue weighted by molar-refractivity contribution is 6.06. The molecule has 0 bridgehead atoms. The second-order valence-electron chi connectivity index (χ2n) is 7.66. The zero-order valence-electron chi connectivity index (χ0n) is 18.2. The molecule has 3 aromatic rings. The van der Waals surface area contributed by atoms with Crippen LogP contribution < -0.4 is 20.5 Å². The number of carbonyl (C=O) groups excluding carboxylic acids is 2. The number of nitrogens with one attached hydrogen (secondary N) is 1. The Morgan fingerprint density at radius 3 is 2.48 bits per heavy atom. The van der Waals surface area contributed by atoms with Crippen LogP contribution in [-0.2, 0) is 16.6 Å². The fourth-order valence-corrected chi connectivity index (χ4v) is 3.74. The van der Waals surface area contributed by atoms with E-state index in [1.807, 2.05) is 6.07 Å². The van der Waals surface area contributed by atoms with E-state index in [4.69, 9.17) is 4.74 Å². The van der Waals surface area contributed by atoms with Gasteiger partial charge in [0.15, 0.2) is 6.10 Å². The minimum Gasteiger partial charge on any atom is -0.479 e. The molecule has 0 saturated heterocycles. The van der Waals surface area contributed by atoms with E-state index in [2.05, 4.69) is 5.32 Å². The third-order valence-corrected chi connectivity index (χ3v) is 5.54. The molecule has 1 aromatic heterocycles. The number of fused-ring (bicyclic) bond motifs is 1. The average Bonchev–Trinajstić information content (AvgIpc) is 3.00. The second-order valence-corrected chi connectivity index (χ2v) is 7.66. The number of carbonyl (C=O) groups is 3. The molecule has 2 heterocycles. The first-order valence-corrected chi connectivity index (χ1v) is 10.2. The van der Waals surface area contributed by atoms with Crippen LogP contribution in [0.25, 0.3) is 5.69 Å². The Kier molecular flexibility index (Phi) is 5.50. The number of rotatable bonds is 5. The van der Waals surface area contributed by atoms with Gasteiger partial charge < -0.3 is 15.2 Å². The van der Waals surface area contributed by atoms with Crippen molar-refractivity contribution in [3.8, 4) is 11.4 Å². The maximum absolute atomic E-state index is 13.0. The van der Waals surface area contributed by atoms with E-state index in [-0.39, 0.29) is 29.2 Å². The maximum atomic E-state index is 13.0. The highest BCUT2D eigenvalue weighted by atomic mass is 16.5. The molecule has 0 radical (unpaired) electrons. The van der Waals surface area contributed by atoms with Gasteiger partial charge in [0.25, 0.3) is 11.5 Å². The molecule has 1 atom stereocenters. The van der Waals surface area contributed by atoms with Gasteiger partial charge in [-0.05, 0) is 44.2 Å². The summed E-state index contributed by atoms with van der Waals surface area (Å²) < 4.78 is 8.61. The number of hydrogen-bond acceptors (Lipinski definition) is 5. The van der Waals surface area contributed by atoms with Gasteiger partial charge in [-0.2, -0.15) is 0 Å². The number of aromatic carboxylic acids is 1. The summed E-state index contributed by atoms with van der Waals surface area (Å²) in [5.41, 5.74) is 1.19. The summed E-state index contributed by atoms with van der Waals surface area (Å²) in [6.45, 7) is 2.86. The number of aromatic nitrogens is 2. The molecule has 33 heavy (non-hydrogen) atoms. The van der Waals surface area contributed by atoms with Gasteiger partial charge >= 0.3 is 5.97 Å². The molecule has 0 fully saturated rings. The minimum absolute atomic E-state index is 0.000994. The lowest BCUT2D eigenvalue weighted by Crippen LogP contribution is -2.47. The van der Waals surface area contributed by atoms with Crippen molar-refractivity contribution in [1.82, 2.24) is 9.36 Å². The number of para-hydroxylation sites is 1. The van der Waals surface area contributed by atoms with Crippen molar-refractivity contribution in [3.05, 3.63) is 70.1 Å². The summed E-state index contributed by atoms with van der Waals surface area (Å²) in [5, 5.41) is 11.8. The lowest BCUT2D eigenvalue weighted by Gasteiger charge is -2.32. The third kappa shape index (κ3) is 3.86. The van der Waals surface area contributed by atoms with Crippen LogP contribution in [0.3, 0.4) is 0 Å². The second kappa shape index (κ2) is 8.30. The lowest BCUT2D eigenvalue weighted by atomic mass is 10.1. The molecule has 0 spiro atoms. The Bertz CT molecular complexity index is 1320. The van der Waals surface area contributed by atoms with Crippen molar-refractivity contribution < 1.29 is 24.2 Å². The Balaban J connectivity index is 1.62. The number of benzene rings is 2. The Labute approximate surface area is 188 Å². The first kappa shape index (κ1) is 21.9. The van der Waals surface area contributed by atoms with Gasteiger partial charge in [0, 0.05) is 7.05 Å². The minimum atomic E-state index is -1.13. The molecule has 1 aliphatic heterocycles. The van der Waals surface area contributed by atoms with Crippen LogP contribution >= 0.6 is 0 Å². The van der Waals surface area contributed by atoms with Crippen LogP contribution in [0.5, 0.6) is 5.75 Å². The predicted octanol–water partition coefficient (Wildman–Crippen LogP) is 1.94. The van der Waals surface area contributed by atoms with Crippen molar-refractivity contribution in [3.63, 3.8) is 0 Å². The number of anilines is 2. The topological polar surface area (TPSA) is 123 Å². The largest absolute Gasteiger partial charge is 0.479 e. The quantitative estimate of drug-likeness (QED) is 0.612. The lowest BCUT2D eigenvalue weighted by molar-refractivity contribution is -0.127. The highest BCUT2D eigenvalue weighted by Gasteiger charge is 2.33. The number of nitrogens with zero attached hydrogens (tertiary/aromatic N) is 3. The summed E-state index contributed by atoms with van der Waals surface area (Å²) in [7, 11) is 1.71. The van der Waals surface area contributed by atoms with E-state index < -0.39 is 29.4 Å². The van der Waals surface area contributed by atoms with Crippen LogP contribution in [0.4, 0.5) is 11.4 Å². The molecule has 10 heteroatoms. The van der Waals surface area contributed by atoms with Crippen LogP contribution in [0.1, 0.15) is 23.0 Å². The van der Waals surface area contributed by atoms with Gasteiger partial charge in [0.05, 0.1) is 22.6 Å². The molecule has 2 aromatic carbocycles. The maximum Gasteiger partial charge on any atom is 0.335 e. The zero-order chi connectivity index (χ0) is 23.9. The molecule has 1 aliphatic rings. The predicted molar refractivity (Wildman–Crippen MR) is 120 cm³/mol. The van der Waals surface area contributed by atoms with Crippen LogP contribution in [0.2, 0.25) is 0 Å². The van der Waals surface area contributed by atoms with Gasteiger partial charge in [0.2, 0.25) is 5.91 Å². The monoisotopic (exact) mass is 450 g/mol. The van der Waals surface area contributed by atoms with E-state index in [9.17, 15) is 24.3 Å². The smallest absolute Gasteiger partial charge is 0.335 e. The average molecular weight is 450 g/mol. The normalized spacial score (nSPS) is 15.1. The molecule has 4 rings (SSSR count). The number of ether oxygens (including phenoxy) is 1. The molecule has 1 unspecified atom stereocenters. The van der Waals surface area contributed by atoms with Gasteiger partial charge in [-0.15, -0.1) is 0 Å². The van der Waals surface area contributed by atoms with Crippen LogP contribution in [0, 0.1) is 6.92 Å². The number of carboxylic acids is 1. The number of amides is 2. The SMILES string of the molecule is Cc1c(NC(=O)CN2C(=O)C(C)Oc3cc(C(=O)O)ccc32)c(=O)n(-c2ccccc2)n1C. The van der Waals surface area contributed by atoms with E-state index in [0.717, 1.165) is 0 Å². The molecule has 10 nitrogen and oxygen atoms in total. The number of carboxylic acid groups (broad SMARTS) is 1. The standard InChI is InChI=1S/C23H22N4O6/c1-13-20(22(30)27(25(13)3)16-7-5-4-6-8-16)24-19(28)12-26-17-10-9-15(23(31)32)11-18(17)33-14(2)21(26)29/h4-11,14H,12H2,1-3H3,(H,24,28)(H,31,32).